The minimum Gasteiger partial charge on any atom is -0.207 e. The molecular formula is C22H26N2O4S2. The monoisotopic (exact) mass is 446 g/mol. The van der Waals surface area contributed by atoms with Crippen molar-refractivity contribution in [1.29, 1.82) is 0 Å². The topological polar surface area (TPSA) is 74.8 Å². The van der Waals surface area contributed by atoms with Gasteiger partial charge in [0, 0.05) is 19.6 Å². The summed E-state index contributed by atoms with van der Waals surface area (Å²) in [6.45, 7) is 7.08. The van der Waals surface area contributed by atoms with Gasteiger partial charge in [-0.2, -0.15) is 8.61 Å². The Labute approximate surface area is 179 Å². The molecule has 2 rings (SSSR count). The van der Waals surface area contributed by atoms with Crippen LogP contribution < -0.4 is 0 Å². The summed E-state index contributed by atoms with van der Waals surface area (Å²) in [5.74, 6) is 2.35. The van der Waals surface area contributed by atoms with Crippen LogP contribution in [-0.2, 0) is 20.0 Å². The third-order valence-electron chi connectivity index (χ3n) is 4.52. The van der Waals surface area contributed by atoms with Gasteiger partial charge in [-0.1, -0.05) is 47.4 Å². The van der Waals surface area contributed by atoms with Crippen molar-refractivity contribution in [3.63, 3.8) is 0 Å². The number of terminal acetylenes is 1. The van der Waals surface area contributed by atoms with Gasteiger partial charge in [0.25, 0.3) is 0 Å². The highest BCUT2D eigenvalue weighted by Crippen LogP contribution is 2.19. The molecule has 2 aromatic carbocycles. The lowest BCUT2D eigenvalue weighted by atomic mass is 10.2. The Morgan fingerprint density at radius 1 is 0.833 bits per heavy atom. The highest BCUT2D eigenvalue weighted by atomic mass is 32.2. The number of aryl methyl sites for hydroxylation is 2. The van der Waals surface area contributed by atoms with Gasteiger partial charge in [-0.3, -0.25) is 0 Å². The molecule has 0 unspecified atom stereocenters. The van der Waals surface area contributed by atoms with Crippen molar-refractivity contribution in [2.45, 2.75) is 23.6 Å². The van der Waals surface area contributed by atoms with E-state index in [1.807, 2.05) is 13.8 Å². The van der Waals surface area contributed by atoms with Gasteiger partial charge in [-0.25, -0.2) is 16.8 Å². The summed E-state index contributed by atoms with van der Waals surface area (Å²) < 4.78 is 54.4. The molecular weight excluding hydrogens is 420 g/mol. The molecule has 0 aliphatic carbocycles. The molecule has 6 nitrogen and oxygen atoms in total. The van der Waals surface area contributed by atoms with Crippen molar-refractivity contribution in [3.05, 3.63) is 72.3 Å². The van der Waals surface area contributed by atoms with E-state index >= 15 is 0 Å². The summed E-state index contributed by atoms with van der Waals surface area (Å²) >= 11 is 0. The first-order valence-corrected chi connectivity index (χ1v) is 12.2. The molecule has 30 heavy (non-hydrogen) atoms. The molecule has 0 spiro atoms. The van der Waals surface area contributed by atoms with Crippen molar-refractivity contribution in [2.75, 3.05) is 26.2 Å². The SMILES string of the molecule is C#CCN(CCN(CC=C)S(=O)(=O)c1ccc(C)cc1)S(=O)(=O)c1ccc(C)cc1. The number of benzene rings is 2. The maximum Gasteiger partial charge on any atom is 0.243 e. The van der Waals surface area contributed by atoms with Crippen LogP contribution in [0.5, 0.6) is 0 Å². The van der Waals surface area contributed by atoms with Crippen LogP contribution >= 0.6 is 0 Å². The van der Waals surface area contributed by atoms with E-state index in [0.717, 1.165) is 15.4 Å². The number of sulfonamides is 2. The zero-order chi connectivity index (χ0) is 22.4. The number of rotatable bonds is 10. The van der Waals surface area contributed by atoms with Gasteiger partial charge in [0.1, 0.15) is 0 Å². The molecule has 0 saturated heterocycles. The van der Waals surface area contributed by atoms with Crippen LogP contribution in [0.15, 0.2) is 71.0 Å². The van der Waals surface area contributed by atoms with Gasteiger partial charge in [-0.05, 0) is 38.1 Å². The second-order valence-corrected chi connectivity index (χ2v) is 10.7. The van der Waals surface area contributed by atoms with Crippen LogP contribution in [0.4, 0.5) is 0 Å². The number of nitrogens with zero attached hydrogens (tertiary/aromatic N) is 2. The van der Waals surface area contributed by atoms with E-state index < -0.39 is 20.0 Å². The molecule has 0 N–H and O–H groups in total. The van der Waals surface area contributed by atoms with Crippen LogP contribution in [0.1, 0.15) is 11.1 Å². The van der Waals surface area contributed by atoms with Crippen molar-refractivity contribution in [2.24, 2.45) is 0 Å². The molecule has 160 valence electrons. The molecule has 0 bridgehead atoms. The average Bonchev–Trinajstić information content (AvgIpc) is 2.70. The molecule has 0 atom stereocenters. The molecule has 0 heterocycles. The molecule has 0 aliphatic rings. The quantitative estimate of drug-likeness (QED) is 0.415. The Balaban J connectivity index is 2.29. The van der Waals surface area contributed by atoms with Crippen molar-refractivity contribution in [1.82, 2.24) is 8.61 Å². The predicted molar refractivity (Wildman–Crippen MR) is 119 cm³/mol. The molecule has 0 fully saturated rings. The standard InChI is InChI=1S/C22H26N2O4S2/c1-5-15-23(29(25,26)21-11-7-19(3)8-12-21)17-18-24(16-6-2)30(27,28)22-13-9-20(4)10-14-22/h1,6-14H,2,15-18H2,3-4H3. The van der Waals surface area contributed by atoms with E-state index in [1.54, 1.807) is 24.3 Å². The van der Waals surface area contributed by atoms with Crippen LogP contribution in [0.25, 0.3) is 0 Å². The molecule has 0 radical (unpaired) electrons. The van der Waals surface area contributed by atoms with Gasteiger partial charge in [0.15, 0.2) is 0 Å². The lowest BCUT2D eigenvalue weighted by molar-refractivity contribution is 0.376. The fourth-order valence-corrected chi connectivity index (χ4v) is 5.53. The predicted octanol–water partition coefficient (Wildman–Crippen LogP) is 2.80. The van der Waals surface area contributed by atoms with Crippen molar-refractivity contribution < 1.29 is 16.8 Å². The highest BCUT2D eigenvalue weighted by Gasteiger charge is 2.28. The summed E-state index contributed by atoms with van der Waals surface area (Å²) in [5.41, 5.74) is 1.87. The van der Waals surface area contributed by atoms with Gasteiger partial charge in [0.05, 0.1) is 16.3 Å². The zero-order valence-electron chi connectivity index (χ0n) is 17.2. The lowest BCUT2D eigenvalue weighted by Crippen LogP contribution is -2.41. The van der Waals surface area contributed by atoms with Crippen molar-refractivity contribution in [3.8, 4) is 12.3 Å². The van der Waals surface area contributed by atoms with Crippen LogP contribution in [-0.4, -0.2) is 51.6 Å². The van der Waals surface area contributed by atoms with Crippen LogP contribution in [0.3, 0.4) is 0 Å². The highest BCUT2D eigenvalue weighted by molar-refractivity contribution is 7.89. The molecule has 0 amide bonds. The fourth-order valence-electron chi connectivity index (χ4n) is 2.78. The first-order chi connectivity index (χ1) is 14.1. The first kappa shape index (κ1) is 23.8. The Kier molecular flexibility index (Phi) is 7.98. The van der Waals surface area contributed by atoms with E-state index in [4.69, 9.17) is 6.42 Å². The van der Waals surface area contributed by atoms with Gasteiger partial charge < -0.3 is 0 Å². The first-order valence-electron chi connectivity index (χ1n) is 9.31. The van der Waals surface area contributed by atoms with E-state index in [1.165, 1.54) is 34.6 Å². The van der Waals surface area contributed by atoms with Crippen LogP contribution in [0, 0.1) is 26.2 Å². The molecule has 0 saturated carbocycles. The Bertz CT molecular complexity index is 1120. The summed E-state index contributed by atoms with van der Waals surface area (Å²) in [6.07, 6.45) is 6.84. The largest absolute Gasteiger partial charge is 0.243 e. The summed E-state index contributed by atoms with van der Waals surface area (Å²) in [7, 11) is -7.68. The fraction of sp³-hybridized carbons (Fsp3) is 0.273. The zero-order valence-corrected chi connectivity index (χ0v) is 18.8. The maximum absolute atomic E-state index is 13.0. The number of hydrogen-bond donors (Lipinski definition) is 0. The number of hydrogen-bond acceptors (Lipinski definition) is 4. The van der Waals surface area contributed by atoms with Gasteiger partial charge >= 0.3 is 0 Å². The second kappa shape index (κ2) is 10.0. The third-order valence-corrected chi connectivity index (χ3v) is 8.26. The average molecular weight is 447 g/mol. The van der Waals surface area contributed by atoms with Gasteiger partial charge in [-0.15, -0.1) is 13.0 Å². The second-order valence-electron chi connectivity index (χ2n) is 6.82. The Morgan fingerprint density at radius 2 is 1.23 bits per heavy atom. The summed E-state index contributed by atoms with van der Waals surface area (Å²) in [4.78, 5) is 0.250. The minimum atomic E-state index is -3.86. The van der Waals surface area contributed by atoms with Gasteiger partial charge in [0.2, 0.25) is 20.0 Å². The lowest BCUT2D eigenvalue weighted by Gasteiger charge is -2.25. The van der Waals surface area contributed by atoms with E-state index in [-0.39, 0.29) is 36.0 Å². The minimum absolute atomic E-state index is 0.0463. The molecule has 0 aliphatic heterocycles. The smallest absolute Gasteiger partial charge is 0.207 e. The molecule has 8 heteroatoms. The van der Waals surface area contributed by atoms with Crippen molar-refractivity contribution >= 4 is 20.0 Å². The summed E-state index contributed by atoms with van der Waals surface area (Å²) in [6, 6.07) is 12.9. The van der Waals surface area contributed by atoms with E-state index in [2.05, 4.69) is 12.5 Å². The van der Waals surface area contributed by atoms with E-state index in [9.17, 15) is 16.8 Å². The Morgan fingerprint density at radius 3 is 1.63 bits per heavy atom. The summed E-state index contributed by atoms with van der Waals surface area (Å²) in [5, 5.41) is 0. The third kappa shape index (κ3) is 5.58. The van der Waals surface area contributed by atoms with E-state index in [0.29, 0.717) is 0 Å². The van der Waals surface area contributed by atoms with Crippen LogP contribution in [0.2, 0.25) is 0 Å². The molecule has 2 aromatic rings. The molecule has 0 aromatic heterocycles. The normalized spacial score (nSPS) is 12.1. The Hall–Kier alpha value is -2.44. The maximum atomic E-state index is 13.0.